The van der Waals surface area contributed by atoms with E-state index in [1.165, 1.54) is 33.4 Å². The Bertz CT molecular complexity index is 1520. The Hall–Kier alpha value is -3.65. The summed E-state index contributed by atoms with van der Waals surface area (Å²) in [6.45, 7) is 2.14. The van der Waals surface area contributed by atoms with Crippen LogP contribution in [0.15, 0.2) is 94.1 Å². The molecule has 5 aromatic rings. The zero-order chi connectivity index (χ0) is 20.9. The van der Waals surface area contributed by atoms with Crippen LogP contribution in [0.2, 0.25) is 0 Å². The fraction of sp³-hybridized carbons (Fsp3) is 0.138. The Kier molecular flexibility index (Phi) is 4.07. The maximum atomic E-state index is 12.8. The Labute approximate surface area is 180 Å². The molecule has 6 rings (SSSR count). The predicted octanol–water partition coefficient (Wildman–Crippen LogP) is 6.80. The molecule has 1 aliphatic carbocycles. The minimum Gasteiger partial charge on any atom is -0.422 e. The molecule has 2 heteroatoms. The molecule has 0 amide bonds. The van der Waals surface area contributed by atoms with Crippen LogP contribution in [0.25, 0.3) is 32.9 Å². The maximum Gasteiger partial charge on any atom is 0.344 e. The third kappa shape index (κ3) is 2.98. The van der Waals surface area contributed by atoms with Gasteiger partial charge in [0.15, 0.2) is 0 Å². The smallest absolute Gasteiger partial charge is 0.344 e. The van der Waals surface area contributed by atoms with Crippen LogP contribution in [0.5, 0.6) is 0 Å². The highest BCUT2D eigenvalue weighted by Crippen LogP contribution is 2.40. The monoisotopic (exact) mass is 402 g/mol. The highest BCUT2D eigenvalue weighted by molar-refractivity contribution is 6.06. The van der Waals surface area contributed by atoms with E-state index < -0.39 is 0 Å². The van der Waals surface area contributed by atoms with E-state index in [1.807, 2.05) is 24.3 Å². The lowest BCUT2D eigenvalue weighted by Crippen LogP contribution is -2.06. The van der Waals surface area contributed by atoms with Gasteiger partial charge in [-0.3, -0.25) is 0 Å². The average molecular weight is 402 g/mol. The van der Waals surface area contributed by atoms with Gasteiger partial charge >= 0.3 is 5.63 Å². The van der Waals surface area contributed by atoms with E-state index in [4.69, 9.17) is 4.42 Å². The first-order chi connectivity index (χ1) is 15.2. The van der Waals surface area contributed by atoms with E-state index in [-0.39, 0.29) is 5.63 Å². The molecule has 2 nitrogen and oxygen atoms in total. The SMILES string of the molecule is Cc1cccc(C2Cc3ccccc3-c3cc4c(cc3C2)c(=O)oc2ccccc24)c1. The van der Waals surface area contributed by atoms with Crippen LogP contribution in [0, 0.1) is 6.92 Å². The summed E-state index contributed by atoms with van der Waals surface area (Å²) in [4.78, 5) is 12.8. The summed E-state index contributed by atoms with van der Waals surface area (Å²) in [6, 6.07) is 29.6. The van der Waals surface area contributed by atoms with Crippen LogP contribution in [-0.4, -0.2) is 0 Å². The van der Waals surface area contributed by atoms with Gasteiger partial charge in [0.2, 0.25) is 0 Å². The van der Waals surface area contributed by atoms with Crippen molar-refractivity contribution < 1.29 is 4.42 Å². The van der Waals surface area contributed by atoms with Crippen LogP contribution in [0.3, 0.4) is 0 Å². The molecule has 1 heterocycles. The summed E-state index contributed by atoms with van der Waals surface area (Å²) >= 11 is 0. The zero-order valence-electron chi connectivity index (χ0n) is 17.4. The first-order valence-corrected chi connectivity index (χ1v) is 10.8. The highest BCUT2D eigenvalue weighted by Gasteiger charge is 2.24. The van der Waals surface area contributed by atoms with E-state index in [2.05, 4.69) is 67.6 Å². The molecule has 0 N–H and O–H groups in total. The minimum absolute atomic E-state index is 0.263. The molecule has 1 atom stereocenters. The predicted molar refractivity (Wildman–Crippen MR) is 127 cm³/mol. The molecule has 0 fully saturated rings. The lowest BCUT2D eigenvalue weighted by molar-refractivity contribution is 0.569. The number of hydrogen-bond acceptors (Lipinski definition) is 2. The number of aryl methyl sites for hydroxylation is 1. The van der Waals surface area contributed by atoms with Gasteiger partial charge in [0.25, 0.3) is 0 Å². The molecule has 1 aromatic heterocycles. The number of rotatable bonds is 1. The van der Waals surface area contributed by atoms with E-state index >= 15 is 0 Å². The topological polar surface area (TPSA) is 30.2 Å². The number of fused-ring (bicyclic) bond motifs is 6. The molecule has 1 aliphatic rings. The van der Waals surface area contributed by atoms with Crippen molar-refractivity contribution in [3.8, 4) is 11.1 Å². The molecular formula is C29H22O2. The standard InChI is InChI=1S/C29H22O2/c1-18-7-6-9-19(13-18)21-14-20-8-2-3-10-23(20)25-17-26-24-11-4-5-12-28(24)31-29(30)27(26)16-22(25)15-21/h2-13,16-17,21H,14-15H2,1H3. The van der Waals surface area contributed by atoms with E-state index in [0.717, 1.165) is 23.6 Å². The number of benzene rings is 4. The second-order valence-corrected chi connectivity index (χ2v) is 8.62. The molecule has 0 bridgehead atoms. The largest absolute Gasteiger partial charge is 0.422 e. The molecule has 0 aliphatic heterocycles. The van der Waals surface area contributed by atoms with Crippen molar-refractivity contribution in [2.75, 3.05) is 0 Å². The summed E-state index contributed by atoms with van der Waals surface area (Å²) in [5.41, 5.74) is 8.08. The minimum atomic E-state index is -0.263. The Morgan fingerprint density at radius 2 is 1.52 bits per heavy atom. The first kappa shape index (κ1) is 18.1. The van der Waals surface area contributed by atoms with E-state index in [0.29, 0.717) is 16.9 Å². The van der Waals surface area contributed by atoms with Crippen molar-refractivity contribution in [3.05, 3.63) is 118 Å². The lowest BCUT2D eigenvalue weighted by atomic mass is 9.87. The zero-order valence-corrected chi connectivity index (χ0v) is 17.4. The van der Waals surface area contributed by atoms with Gasteiger partial charge in [0, 0.05) is 10.8 Å². The second-order valence-electron chi connectivity index (χ2n) is 8.62. The summed E-state index contributed by atoms with van der Waals surface area (Å²) in [6.07, 6.45) is 1.88. The Morgan fingerprint density at radius 1 is 0.710 bits per heavy atom. The van der Waals surface area contributed by atoms with Crippen molar-refractivity contribution in [1.82, 2.24) is 0 Å². The van der Waals surface area contributed by atoms with E-state index in [1.54, 1.807) is 0 Å². The molecule has 31 heavy (non-hydrogen) atoms. The van der Waals surface area contributed by atoms with Gasteiger partial charge < -0.3 is 4.42 Å². The summed E-state index contributed by atoms with van der Waals surface area (Å²) in [7, 11) is 0. The molecule has 0 radical (unpaired) electrons. The third-order valence-corrected chi connectivity index (χ3v) is 6.60. The van der Waals surface area contributed by atoms with Crippen LogP contribution >= 0.6 is 0 Å². The normalized spacial score (nSPS) is 15.5. The molecule has 150 valence electrons. The van der Waals surface area contributed by atoms with Gasteiger partial charge in [0.05, 0.1) is 5.39 Å². The van der Waals surface area contributed by atoms with Crippen molar-refractivity contribution in [2.45, 2.75) is 25.7 Å². The van der Waals surface area contributed by atoms with Gasteiger partial charge in [-0.15, -0.1) is 0 Å². The van der Waals surface area contributed by atoms with Gasteiger partial charge in [-0.05, 0) is 71.7 Å². The molecule has 0 saturated heterocycles. The van der Waals surface area contributed by atoms with Crippen molar-refractivity contribution in [1.29, 1.82) is 0 Å². The Balaban J connectivity index is 1.65. The fourth-order valence-corrected chi connectivity index (χ4v) is 5.11. The molecule has 0 spiro atoms. The van der Waals surface area contributed by atoms with E-state index in [9.17, 15) is 4.79 Å². The maximum absolute atomic E-state index is 12.8. The van der Waals surface area contributed by atoms with Crippen molar-refractivity contribution in [2.24, 2.45) is 0 Å². The molecular weight excluding hydrogens is 380 g/mol. The van der Waals surface area contributed by atoms with Gasteiger partial charge in [0.1, 0.15) is 5.58 Å². The van der Waals surface area contributed by atoms with Gasteiger partial charge in [-0.1, -0.05) is 72.3 Å². The summed E-state index contributed by atoms with van der Waals surface area (Å²) < 4.78 is 5.64. The lowest BCUT2D eigenvalue weighted by Gasteiger charge is -2.17. The van der Waals surface area contributed by atoms with Crippen LogP contribution < -0.4 is 5.63 Å². The average Bonchev–Trinajstić information content (AvgIpc) is 2.95. The van der Waals surface area contributed by atoms with Crippen LogP contribution in [0.4, 0.5) is 0 Å². The molecule has 0 saturated carbocycles. The van der Waals surface area contributed by atoms with Crippen molar-refractivity contribution in [3.63, 3.8) is 0 Å². The highest BCUT2D eigenvalue weighted by atomic mass is 16.4. The van der Waals surface area contributed by atoms with Crippen molar-refractivity contribution >= 4 is 21.7 Å². The fourth-order valence-electron chi connectivity index (χ4n) is 5.11. The third-order valence-electron chi connectivity index (χ3n) is 6.60. The first-order valence-electron chi connectivity index (χ1n) is 10.8. The van der Waals surface area contributed by atoms with Crippen LogP contribution in [-0.2, 0) is 12.8 Å². The number of hydrogen-bond donors (Lipinski definition) is 0. The molecule has 1 unspecified atom stereocenters. The summed E-state index contributed by atoms with van der Waals surface area (Å²) in [5.74, 6) is 0.368. The number of para-hydroxylation sites is 1. The quantitative estimate of drug-likeness (QED) is 0.228. The van der Waals surface area contributed by atoms with Crippen LogP contribution in [0.1, 0.15) is 28.2 Å². The second kappa shape index (κ2) is 6.95. The molecule has 4 aromatic carbocycles. The summed E-state index contributed by atoms with van der Waals surface area (Å²) in [5, 5.41) is 2.62. The Morgan fingerprint density at radius 3 is 2.42 bits per heavy atom. The van der Waals surface area contributed by atoms with Gasteiger partial charge in [-0.2, -0.15) is 0 Å². The van der Waals surface area contributed by atoms with Gasteiger partial charge in [-0.25, -0.2) is 4.79 Å².